The maximum absolute atomic E-state index is 2.27. The molecule has 99 valence electrons. The van der Waals surface area contributed by atoms with Gasteiger partial charge in [-0.25, -0.2) is 0 Å². The summed E-state index contributed by atoms with van der Waals surface area (Å²) in [6.45, 7) is 0. The maximum atomic E-state index is 2.27. The zero-order valence-corrected chi connectivity index (χ0v) is 14.9. The first-order chi connectivity index (χ1) is 9.45. The molecule has 0 bridgehead atoms. The Labute approximate surface area is 135 Å². The summed E-state index contributed by atoms with van der Waals surface area (Å²) in [5.74, 6) is 0. The predicted octanol–water partition coefficient (Wildman–Crippen LogP) is 2.78. The van der Waals surface area contributed by atoms with E-state index in [1.54, 1.807) is 0 Å². The van der Waals surface area contributed by atoms with Crippen molar-refractivity contribution in [1.29, 1.82) is 0 Å². The second-order valence-electron chi connectivity index (χ2n) is 4.47. The number of rotatable bonds is 3. The molecule has 0 saturated heterocycles. The third kappa shape index (κ3) is 3.41. The van der Waals surface area contributed by atoms with Crippen LogP contribution in [0.1, 0.15) is 0 Å². The van der Waals surface area contributed by atoms with Gasteiger partial charge in [0.25, 0.3) is 0 Å². The Hall–Kier alpha value is -1.32. The van der Waals surface area contributed by atoms with Crippen LogP contribution in [-0.2, 0) is 0 Å². The zero-order valence-electron chi connectivity index (χ0n) is 11.1. The fraction of sp³-hybridized carbons (Fsp3) is 0. The summed E-state index contributed by atoms with van der Waals surface area (Å²) >= 11 is -1.63. The van der Waals surface area contributed by atoms with E-state index in [1.807, 2.05) is 0 Å². The molecular weight excluding hydrogens is 369 g/mol. The summed E-state index contributed by atoms with van der Waals surface area (Å²) in [6.07, 6.45) is 0. The SMILES string of the molecule is Br.c1cc[c]([Ge]([c]2ccccc2)[c]2ccccc2)cc1. The Morgan fingerprint density at radius 3 is 0.900 bits per heavy atom. The Bertz CT molecular complexity index is 529. The van der Waals surface area contributed by atoms with Gasteiger partial charge in [-0.15, -0.1) is 17.0 Å². The van der Waals surface area contributed by atoms with Crippen molar-refractivity contribution in [3.8, 4) is 0 Å². The van der Waals surface area contributed by atoms with Crippen LogP contribution in [0.15, 0.2) is 91.0 Å². The molecule has 0 amide bonds. The summed E-state index contributed by atoms with van der Waals surface area (Å²) in [5, 5.41) is 0. The second-order valence-corrected chi connectivity index (χ2v) is 9.68. The molecule has 0 nitrogen and oxygen atoms in total. The van der Waals surface area contributed by atoms with Crippen LogP contribution in [0.3, 0.4) is 0 Å². The molecule has 0 atom stereocenters. The van der Waals surface area contributed by atoms with Gasteiger partial charge in [-0.3, -0.25) is 0 Å². The molecule has 0 aliphatic rings. The summed E-state index contributed by atoms with van der Waals surface area (Å²) < 4.78 is 4.50. The van der Waals surface area contributed by atoms with Gasteiger partial charge in [0, 0.05) is 0 Å². The normalized spacial score (nSPS) is 10.1. The van der Waals surface area contributed by atoms with Crippen molar-refractivity contribution in [2.45, 2.75) is 0 Å². The van der Waals surface area contributed by atoms with Gasteiger partial charge in [-0.05, 0) is 0 Å². The van der Waals surface area contributed by atoms with E-state index in [2.05, 4.69) is 91.0 Å². The molecule has 0 saturated carbocycles. The molecule has 0 spiro atoms. The van der Waals surface area contributed by atoms with E-state index < -0.39 is 14.3 Å². The van der Waals surface area contributed by atoms with Crippen molar-refractivity contribution in [3.05, 3.63) is 91.0 Å². The Kier molecular flexibility index (Phi) is 5.63. The average Bonchev–Trinajstić information content (AvgIpc) is 2.51. The van der Waals surface area contributed by atoms with Crippen LogP contribution in [-0.4, -0.2) is 14.3 Å². The fourth-order valence-electron chi connectivity index (χ4n) is 2.31. The topological polar surface area (TPSA) is 0 Å². The molecule has 0 unspecified atom stereocenters. The third-order valence-corrected chi connectivity index (χ3v) is 8.92. The molecule has 3 aromatic rings. The van der Waals surface area contributed by atoms with E-state index in [1.165, 1.54) is 13.2 Å². The van der Waals surface area contributed by atoms with Crippen LogP contribution < -0.4 is 13.2 Å². The monoisotopic (exact) mass is 385 g/mol. The number of halogens is 1. The summed E-state index contributed by atoms with van der Waals surface area (Å²) in [7, 11) is 0. The Morgan fingerprint density at radius 2 is 0.650 bits per heavy atom. The van der Waals surface area contributed by atoms with Crippen molar-refractivity contribution in [1.82, 2.24) is 0 Å². The quantitative estimate of drug-likeness (QED) is 0.609. The molecule has 3 aromatic carbocycles. The van der Waals surface area contributed by atoms with Gasteiger partial charge in [-0.2, -0.15) is 0 Å². The first-order valence-corrected chi connectivity index (χ1v) is 9.63. The van der Waals surface area contributed by atoms with E-state index >= 15 is 0 Å². The van der Waals surface area contributed by atoms with Gasteiger partial charge >= 0.3 is 119 Å². The Balaban J connectivity index is 0.00000147. The van der Waals surface area contributed by atoms with Gasteiger partial charge in [0.1, 0.15) is 0 Å². The van der Waals surface area contributed by atoms with Crippen LogP contribution in [0.25, 0.3) is 0 Å². The standard InChI is InChI=1S/C18H15Ge.BrH/c1-4-10-16(11-5-1)19(17-12-6-2-7-13-17)18-14-8-3-9-15-18;/h1-15H;1H. The van der Waals surface area contributed by atoms with Gasteiger partial charge in [0.05, 0.1) is 0 Å². The van der Waals surface area contributed by atoms with Crippen molar-refractivity contribution in [2.75, 3.05) is 0 Å². The predicted molar refractivity (Wildman–Crippen MR) is 94.3 cm³/mol. The minimum atomic E-state index is -1.63. The first kappa shape index (κ1) is 15.1. The van der Waals surface area contributed by atoms with Crippen molar-refractivity contribution in [3.63, 3.8) is 0 Å². The van der Waals surface area contributed by atoms with E-state index in [0.717, 1.165) is 0 Å². The molecule has 20 heavy (non-hydrogen) atoms. The average molecular weight is 385 g/mol. The molecule has 0 N–H and O–H groups in total. The molecule has 3 rings (SSSR count). The van der Waals surface area contributed by atoms with Crippen LogP contribution in [0, 0.1) is 0 Å². The van der Waals surface area contributed by atoms with Crippen LogP contribution >= 0.6 is 17.0 Å². The first-order valence-electron chi connectivity index (χ1n) is 6.48. The van der Waals surface area contributed by atoms with Crippen molar-refractivity contribution in [2.24, 2.45) is 0 Å². The van der Waals surface area contributed by atoms with Crippen LogP contribution in [0.2, 0.25) is 0 Å². The third-order valence-electron chi connectivity index (χ3n) is 3.19. The molecule has 0 fully saturated rings. The van der Waals surface area contributed by atoms with E-state index in [9.17, 15) is 0 Å². The van der Waals surface area contributed by atoms with Gasteiger partial charge in [0.15, 0.2) is 0 Å². The molecule has 2 heteroatoms. The zero-order chi connectivity index (χ0) is 12.9. The molecule has 0 aliphatic carbocycles. The number of hydrogen-bond donors (Lipinski definition) is 0. The Morgan fingerprint density at radius 1 is 0.400 bits per heavy atom. The molecular formula is C18H16BrGe. The molecule has 0 aromatic heterocycles. The van der Waals surface area contributed by atoms with Crippen LogP contribution in [0.5, 0.6) is 0 Å². The van der Waals surface area contributed by atoms with Gasteiger partial charge in [-0.1, -0.05) is 0 Å². The number of hydrogen-bond acceptors (Lipinski definition) is 0. The van der Waals surface area contributed by atoms with E-state index in [0.29, 0.717) is 0 Å². The van der Waals surface area contributed by atoms with E-state index in [-0.39, 0.29) is 17.0 Å². The molecule has 0 aliphatic heterocycles. The summed E-state index contributed by atoms with van der Waals surface area (Å²) in [5.41, 5.74) is 0. The van der Waals surface area contributed by atoms with Gasteiger partial charge in [0.2, 0.25) is 0 Å². The summed E-state index contributed by atoms with van der Waals surface area (Å²) in [4.78, 5) is 0. The minimum absolute atomic E-state index is 0. The van der Waals surface area contributed by atoms with Crippen LogP contribution in [0.4, 0.5) is 0 Å². The fourth-order valence-corrected chi connectivity index (χ4v) is 7.72. The summed E-state index contributed by atoms with van der Waals surface area (Å²) in [6, 6.07) is 32.8. The number of benzene rings is 3. The van der Waals surface area contributed by atoms with E-state index in [4.69, 9.17) is 0 Å². The second kappa shape index (κ2) is 7.46. The van der Waals surface area contributed by atoms with Gasteiger partial charge < -0.3 is 0 Å². The molecule has 1 radical (unpaired) electrons. The van der Waals surface area contributed by atoms with Crippen molar-refractivity contribution >= 4 is 44.5 Å². The molecule has 0 heterocycles. The van der Waals surface area contributed by atoms with Crippen molar-refractivity contribution < 1.29 is 0 Å².